The average Bonchev–Trinajstić information content (AvgIpc) is 2.56. The first kappa shape index (κ1) is 20.0. The lowest BCUT2D eigenvalue weighted by atomic mass is 9.85. The van der Waals surface area contributed by atoms with Gasteiger partial charge < -0.3 is 10.6 Å². The molecule has 0 saturated heterocycles. The van der Waals surface area contributed by atoms with Crippen molar-refractivity contribution in [2.75, 3.05) is 10.6 Å². The molecule has 0 bridgehead atoms. The molecule has 0 heterocycles. The van der Waals surface area contributed by atoms with Gasteiger partial charge in [0.2, 0.25) is 11.8 Å². The molecular formula is C21H25ClN2O2. The minimum Gasteiger partial charge on any atom is -0.325 e. The van der Waals surface area contributed by atoms with Gasteiger partial charge in [0.15, 0.2) is 0 Å². The van der Waals surface area contributed by atoms with Crippen molar-refractivity contribution < 1.29 is 9.59 Å². The summed E-state index contributed by atoms with van der Waals surface area (Å²) in [5.74, 6) is -0.796. The van der Waals surface area contributed by atoms with Gasteiger partial charge in [-0.05, 0) is 43.0 Å². The molecule has 2 aromatic carbocycles. The van der Waals surface area contributed by atoms with Gasteiger partial charge in [-0.15, -0.1) is 0 Å². The molecule has 0 atom stereocenters. The summed E-state index contributed by atoms with van der Waals surface area (Å²) in [6.45, 7) is 9.41. The molecule has 2 amide bonds. The number of carbonyl (C=O) groups excluding carboxylic acids is 2. The van der Waals surface area contributed by atoms with Crippen LogP contribution in [0.2, 0.25) is 5.02 Å². The largest absolute Gasteiger partial charge is 0.325 e. The van der Waals surface area contributed by atoms with Crippen molar-refractivity contribution in [1.29, 1.82) is 0 Å². The van der Waals surface area contributed by atoms with Crippen LogP contribution in [0.25, 0.3) is 0 Å². The zero-order chi connectivity index (χ0) is 19.5. The van der Waals surface area contributed by atoms with Crippen LogP contribution in [-0.4, -0.2) is 11.8 Å². The van der Waals surface area contributed by atoms with E-state index in [0.29, 0.717) is 16.4 Å². The van der Waals surface area contributed by atoms with Gasteiger partial charge in [0.1, 0.15) is 5.41 Å². The number of amides is 2. The first-order valence-electron chi connectivity index (χ1n) is 8.50. The summed E-state index contributed by atoms with van der Waals surface area (Å²) in [4.78, 5) is 25.5. The number of carbonyl (C=O) groups is 2. The van der Waals surface area contributed by atoms with Gasteiger partial charge in [-0.25, -0.2) is 0 Å². The quantitative estimate of drug-likeness (QED) is 0.721. The van der Waals surface area contributed by atoms with Crippen LogP contribution >= 0.6 is 11.6 Å². The Bertz CT molecular complexity index is 823. The Morgan fingerprint density at radius 1 is 0.769 bits per heavy atom. The topological polar surface area (TPSA) is 58.2 Å². The van der Waals surface area contributed by atoms with E-state index < -0.39 is 11.3 Å². The summed E-state index contributed by atoms with van der Waals surface area (Å²) in [5.41, 5.74) is 0.798. The maximum Gasteiger partial charge on any atom is 0.239 e. The van der Waals surface area contributed by atoms with Gasteiger partial charge in [-0.1, -0.05) is 62.7 Å². The molecule has 2 aromatic rings. The van der Waals surface area contributed by atoms with Crippen LogP contribution in [0, 0.1) is 5.41 Å². The highest BCUT2D eigenvalue weighted by Gasteiger charge is 2.37. The fraction of sp³-hybridized carbons (Fsp3) is 0.333. The molecule has 138 valence electrons. The maximum atomic E-state index is 12.8. The second-order valence-electron chi connectivity index (χ2n) is 7.81. The molecule has 0 aliphatic carbocycles. The second kappa shape index (κ2) is 7.50. The highest BCUT2D eigenvalue weighted by atomic mass is 35.5. The average molecular weight is 373 g/mol. The Morgan fingerprint density at radius 3 is 1.77 bits per heavy atom. The molecule has 0 saturated carbocycles. The molecule has 0 radical (unpaired) electrons. The Hall–Kier alpha value is -2.33. The zero-order valence-electron chi connectivity index (χ0n) is 15.8. The van der Waals surface area contributed by atoms with Crippen LogP contribution in [0.3, 0.4) is 0 Å². The van der Waals surface area contributed by atoms with E-state index in [0.717, 1.165) is 5.56 Å². The Labute approximate surface area is 159 Å². The number of rotatable bonds is 4. The van der Waals surface area contributed by atoms with Crippen molar-refractivity contribution in [3.63, 3.8) is 0 Å². The molecule has 5 heteroatoms. The summed E-state index contributed by atoms with van der Waals surface area (Å²) in [6.07, 6.45) is 0. The SMILES string of the molecule is CC(C)(C(=O)Nc1ccccc1Cl)C(=O)Nc1ccccc1C(C)(C)C. The van der Waals surface area contributed by atoms with Gasteiger partial charge in [-0.2, -0.15) is 0 Å². The van der Waals surface area contributed by atoms with Gasteiger partial charge in [0, 0.05) is 5.69 Å². The van der Waals surface area contributed by atoms with Crippen LogP contribution in [-0.2, 0) is 15.0 Å². The predicted molar refractivity (Wildman–Crippen MR) is 108 cm³/mol. The monoisotopic (exact) mass is 372 g/mol. The van der Waals surface area contributed by atoms with E-state index in [2.05, 4.69) is 31.4 Å². The normalized spacial score (nSPS) is 11.8. The highest BCUT2D eigenvalue weighted by molar-refractivity contribution is 6.34. The fourth-order valence-corrected chi connectivity index (χ4v) is 2.65. The van der Waals surface area contributed by atoms with E-state index in [9.17, 15) is 9.59 Å². The van der Waals surface area contributed by atoms with Crippen LogP contribution < -0.4 is 10.6 Å². The van der Waals surface area contributed by atoms with Crippen LogP contribution in [0.4, 0.5) is 11.4 Å². The number of nitrogens with one attached hydrogen (secondary N) is 2. The van der Waals surface area contributed by atoms with Crippen LogP contribution in [0.15, 0.2) is 48.5 Å². The lowest BCUT2D eigenvalue weighted by Crippen LogP contribution is -2.42. The summed E-state index contributed by atoms with van der Waals surface area (Å²) in [7, 11) is 0. The number of anilines is 2. The summed E-state index contributed by atoms with van der Waals surface area (Å²) >= 11 is 6.08. The number of halogens is 1. The number of hydrogen-bond donors (Lipinski definition) is 2. The molecule has 26 heavy (non-hydrogen) atoms. The first-order chi connectivity index (χ1) is 12.0. The Balaban J connectivity index is 2.21. The molecule has 0 aromatic heterocycles. The highest BCUT2D eigenvalue weighted by Crippen LogP contribution is 2.31. The molecule has 2 N–H and O–H groups in total. The third-order valence-electron chi connectivity index (χ3n) is 4.24. The van der Waals surface area contributed by atoms with Crippen LogP contribution in [0.5, 0.6) is 0 Å². The van der Waals surface area contributed by atoms with E-state index in [4.69, 9.17) is 11.6 Å². The van der Waals surface area contributed by atoms with E-state index in [1.54, 1.807) is 38.1 Å². The van der Waals surface area contributed by atoms with Crippen molar-refractivity contribution in [2.24, 2.45) is 5.41 Å². The van der Waals surface area contributed by atoms with E-state index >= 15 is 0 Å². The molecular weight excluding hydrogens is 348 g/mol. The Morgan fingerprint density at radius 2 is 1.23 bits per heavy atom. The van der Waals surface area contributed by atoms with Gasteiger partial charge in [0.25, 0.3) is 0 Å². The van der Waals surface area contributed by atoms with Crippen molar-refractivity contribution in [2.45, 2.75) is 40.0 Å². The van der Waals surface area contributed by atoms with Gasteiger partial charge >= 0.3 is 0 Å². The van der Waals surface area contributed by atoms with E-state index in [1.807, 2.05) is 24.3 Å². The molecule has 0 aliphatic heterocycles. The lowest BCUT2D eigenvalue weighted by Gasteiger charge is -2.27. The smallest absolute Gasteiger partial charge is 0.239 e. The molecule has 2 rings (SSSR count). The molecule has 0 spiro atoms. The van der Waals surface area contributed by atoms with Crippen molar-refractivity contribution in [1.82, 2.24) is 0 Å². The van der Waals surface area contributed by atoms with E-state index in [1.165, 1.54) is 0 Å². The van der Waals surface area contributed by atoms with Crippen molar-refractivity contribution in [3.05, 3.63) is 59.1 Å². The number of para-hydroxylation sites is 2. The molecule has 0 fully saturated rings. The van der Waals surface area contributed by atoms with Crippen LogP contribution in [0.1, 0.15) is 40.2 Å². The van der Waals surface area contributed by atoms with Gasteiger partial charge in [0.05, 0.1) is 10.7 Å². The summed E-state index contributed by atoms with van der Waals surface area (Å²) in [6, 6.07) is 14.6. The fourth-order valence-electron chi connectivity index (χ4n) is 2.47. The molecule has 4 nitrogen and oxygen atoms in total. The van der Waals surface area contributed by atoms with E-state index in [-0.39, 0.29) is 11.3 Å². The minimum absolute atomic E-state index is 0.131. The van der Waals surface area contributed by atoms with Gasteiger partial charge in [-0.3, -0.25) is 9.59 Å². The maximum absolute atomic E-state index is 12.8. The minimum atomic E-state index is -1.27. The summed E-state index contributed by atoms with van der Waals surface area (Å²) < 4.78 is 0. The molecule has 0 unspecified atom stereocenters. The third kappa shape index (κ3) is 4.44. The molecule has 0 aliphatic rings. The summed E-state index contributed by atoms with van der Waals surface area (Å²) in [5, 5.41) is 6.06. The standard InChI is InChI=1S/C21H25ClN2O2/c1-20(2,3)14-10-6-8-12-16(14)23-18(25)21(4,5)19(26)24-17-13-9-7-11-15(17)22/h6-13H,1-5H3,(H,23,25)(H,24,26). The third-order valence-corrected chi connectivity index (χ3v) is 4.57. The second-order valence-corrected chi connectivity index (χ2v) is 8.22. The van der Waals surface area contributed by atoms with Crippen molar-refractivity contribution >= 4 is 34.8 Å². The predicted octanol–water partition coefficient (Wildman–Crippen LogP) is 5.24. The zero-order valence-corrected chi connectivity index (χ0v) is 16.6. The first-order valence-corrected chi connectivity index (χ1v) is 8.88. The number of hydrogen-bond acceptors (Lipinski definition) is 2. The number of benzene rings is 2. The van der Waals surface area contributed by atoms with Crippen molar-refractivity contribution in [3.8, 4) is 0 Å². The Kier molecular flexibility index (Phi) is 5.77. The lowest BCUT2D eigenvalue weighted by molar-refractivity contribution is -0.135.